The lowest BCUT2D eigenvalue weighted by Gasteiger charge is -2.13. The van der Waals surface area contributed by atoms with E-state index >= 15 is 0 Å². The van der Waals surface area contributed by atoms with Crippen molar-refractivity contribution < 1.29 is 17.9 Å². The average Bonchev–Trinajstić information content (AvgIpc) is 3.14. The fraction of sp³-hybridized carbons (Fsp3) is 0.105. The van der Waals surface area contributed by atoms with Crippen LogP contribution in [-0.2, 0) is 14.8 Å². The SMILES string of the molecule is NS(=O)(=O)c1ccc(C(=O)/C=C/c2ccccc2C2CC=CO2)cc1. The highest BCUT2D eigenvalue weighted by atomic mass is 32.2. The zero-order chi connectivity index (χ0) is 17.9. The summed E-state index contributed by atoms with van der Waals surface area (Å²) in [7, 11) is -3.76. The van der Waals surface area contributed by atoms with E-state index in [1.165, 1.54) is 30.3 Å². The average molecular weight is 355 g/mol. The Balaban J connectivity index is 1.79. The first-order valence-corrected chi connectivity index (χ1v) is 9.24. The van der Waals surface area contributed by atoms with Crippen molar-refractivity contribution in [2.24, 2.45) is 5.14 Å². The number of carbonyl (C=O) groups is 1. The molecule has 1 heterocycles. The molecule has 0 fully saturated rings. The van der Waals surface area contributed by atoms with Gasteiger partial charge in [0.2, 0.25) is 10.0 Å². The van der Waals surface area contributed by atoms with Crippen molar-refractivity contribution in [3.8, 4) is 0 Å². The van der Waals surface area contributed by atoms with Crippen LogP contribution in [0, 0.1) is 0 Å². The monoisotopic (exact) mass is 355 g/mol. The molecule has 0 amide bonds. The molecule has 0 radical (unpaired) electrons. The largest absolute Gasteiger partial charge is 0.493 e. The van der Waals surface area contributed by atoms with Gasteiger partial charge in [-0.15, -0.1) is 0 Å². The van der Waals surface area contributed by atoms with Gasteiger partial charge in [-0.05, 0) is 47.5 Å². The third-order valence-electron chi connectivity index (χ3n) is 3.91. The Morgan fingerprint density at radius 3 is 2.48 bits per heavy atom. The normalized spacial score (nSPS) is 16.9. The summed E-state index contributed by atoms with van der Waals surface area (Å²) >= 11 is 0. The van der Waals surface area contributed by atoms with E-state index in [9.17, 15) is 13.2 Å². The van der Waals surface area contributed by atoms with Crippen molar-refractivity contribution in [1.82, 2.24) is 0 Å². The van der Waals surface area contributed by atoms with Crippen LogP contribution in [0.5, 0.6) is 0 Å². The zero-order valence-corrected chi connectivity index (χ0v) is 14.1. The van der Waals surface area contributed by atoms with Gasteiger partial charge in [0.1, 0.15) is 6.10 Å². The van der Waals surface area contributed by atoms with Gasteiger partial charge in [0.15, 0.2) is 5.78 Å². The van der Waals surface area contributed by atoms with Crippen molar-refractivity contribution in [2.75, 3.05) is 0 Å². The molecule has 1 aliphatic heterocycles. The zero-order valence-electron chi connectivity index (χ0n) is 13.3. The Kier molecular flexibility index (Phi) is 4.83. The minimum absolute atomic E-state index is 0.0238. The fourth-order valence-electron chi connectivity index (χ4n) is 2.61. The summed E-state index contributed by atoms with van der Waals surface area (Å²) in [5, 5.41) is 5.05. The Morgan fingerprint density at radius 2 is 1.84 bits per heavy atom. The van der Waals surface area contributed by atoms with E-state index in [1.807, 2.05) is 30.3 Å². The van der Waals surface area contributed by atoms with Crippen LogP contribution in [0.25, 0.3) is 6.08 Å². The summed E-state index contributed by atoms with van der Waals surface area (Å²) in [6.07, 6.45) is 7.62. The number of carbonyl (C=O) groups excluding carboxylic acids is 1. The first-order chi connectivity index (χ1) is 11.9. The molecule has 0 saturated carbocycles. The maximum atomic E-state index is 12.3. The Morgan fingerprint density at radius 1 is 1.12 bits per heavy atom. The Hall–Kier alpha value is -2.70. The second kappa shape index (κ2) is 7.04. The maximum absolute atomic E-state index is 12.3. The van der Waals surface area contributed by atoms with E-state index < -0.39 is 10.0 Å². The van der Waals surface area contributed by atoms with E-state index in [2.05, 4.69) is 0 Å². The Labute approximate surface area is 146 Å². The van der Waals surface area contributed by atoms with Gasteiger partial charge in [-0.2, -0.15) is 0 Å². The van der Waals surface area contributed by atoms with Crippen molar-refractivity contribution in [2.45, 2.75) is 17.4 Å². The van der Waals surface area contributed by atoms with Gasteiger partial charge >= 0.3 is 0 Å². The van der Waals surface area contributed by atoms with Crippen LogP contribution in [0.3, 0.4) is 0 Å². The number of benzene rings is 2. The highest BCUT2D eigenvalue weighted by Crippen LogP contribution is 2.29. The van der Waals surface area contributed by atoms with E-state index in [0.717, 1.165) is 17.5 Å². The van der Waals surface area contributed by atoms with E-state index in [-0.39, 0.29) is 16.8 Å². The molecule has 0 aliphatic carbocycles. The van der Waals surface area contributed by atoms with Gasteiger partial charge < -0.3 is 4.74 Å². The topological polar surface area (TPSA) is 86.5 Å². The van der Waals surface area contributed by atoms with Crippen LogP contribution >= 0.6 is 0 Å². The molecule has 1 unspecified atom stereocenters. The molecular weight excluding hydrogens is 338 g/mol. The van der Waals surface area contributed by atoms with Crippen LogP contribution in [0.2, 0.25) is 0 Å². The second-order valence-corrected chi connectivity index (χ2v) is 7.19. The fourth-order valence-corrected chi connectivity index (χ4v) is 3.13. The molecule has 25 heavy (non-hydrogen) atoms. The van der Waals surface area contributed by atoms with Crippen molar-refractivity contribution in [3.05, 3.63) is 83.6 Å². The number of sulfonamides is 1. The lowest BCUT2D eigenvalue weighted by atomic mass is 9.99. The molecule has 5 nitrogen and oxygen atoms in total. The summed E-state index contributed by atoms with van der Waals surface area (Å²) in [4.78, 5) is 12.3. The molecule has 128 valence electrons. The van der Waals surface area contributed by atoms with Gasteiger partial charge in [0.25, 0.3) is 0 Å². The molecule has 0 aromatic heterocycles. The van der Waals surface area contributed by atoms with Crippen LogP contribution in [0.1, 0.15) is 34.0 Å². The summed E-state index contributed by atoms with van der Waals surface area (Å²) in [5.41, 5.74) is 2.31. The predicted molar refractivity (Wildman–Crippen MR) is 95.2 cm³/mol. The number of rotatable bonds is 5. The number of hydrogen-bond acceptors (Lipinski definition) is 4. The Bertz CT molecular complexity index is 936. The predicted octanol–water partition coefficient (Wildman–Crippen LogP) is 3.21. The quantitative estimate of drug-likeness (QED) is 0.659. The van der Waals surface area contributed by atoms with Gasteiger partial charge in [-0.1, -0.05) is 30.3 Å². The highest BCUT2D eigenvalue weighted by Gasteiger charge is 2.16. The number of ketones is 1. The first-order valence-electron chi connectivity index (χ1n) is 7.70. The minimum Gasteiger partial charge on any atom is -0.493 e. The van der Waals surface area contributed by atoms with Crippen molar-refractivity contribution in [1.29, 1.82) is 0 Å². The number of nitrogens with two attached hydrogens (primary N) is 1. The van der Waals surface area contributed by atoms with E-state index in [4.69, 9.17) is 9.88 Å². The summed E-state index contributed by atoms with van der Waals surface area (Å²) in [6, 6.07) is 13.3. The van der Waals surface area contributed by atoms with Crippen LogP contribution in [0.15, 0.2) is 71.8 Å². The number of allylic oxidation sites excluding steroid dienone is 1. The standard InChI is InChI=1S/C19H17NO4S/c20-25(22,23)16-10-7-15(8-11-16)18(21)12-9-14-4-1-2-5-17(14)19-6-3-13-24-19/h1-5,7-13,19H,6H2,(H2,20,22,23)/b12-9+. The van der Waals surface area contributed by atoms with Crippen molar-refractivity contribution in [3.63, 3.8) is 0 Å². The third kappa shape index (κ3) is 4.04. The molecule has 6 heteroatoms. The molecule has 2 aromatic carbocycles. The number of ether oxygens (including phenoxy) is 1. The molecule has 0 bridgehead atoms. The third-order valence-corrected chi connectivity index (χ3v) is 4.84. The molecule has 0 spiro atoms. The minimum atomic E-state index is -3.76. The lowest BCUT2D eigenvalue weighted by Crippen LogP contribution is -2.12. The van der Waals surface area contributed by atoms with Gasteiger partial charge in [0, 0.05) is 12.0 Å². The maximum Gasteiger partial charge on any atom is 0.238 e. The summed E-state index contributed by atoms with van der Waals surface area (Å²) in [6.45, 7) is 0. The molecule has 1 aliphatic rings. The molecule has 0 saturated heterocycles. The first kappa shape index (κ1) is 17.1. The summed E-state index contributed by atoms with van der Waals surface area (Å²) in [5.74, 6) is -0.221. The van der Waals surface area contributed by atoms with Gasteiger partial charge in [-0.25, -0.2) is 13.6 Å². The molecular formula is C19H17NO4S. The van der Waals surface area contributed by atoms with Crippen LogP contribution < -0.4 is 5.14 Å². The van der Waals surface area contributed by atoms with Gasteiger partial charge in [0.05, 0.1) is 11.2 Å². The second-order valence-electron chi connectivity index (χ2n) is 5.63. The summed E-state index contributed by atoms with van der Waals surface area (Å²) < 4.78 is 28.0. The smallest absolute Gasteiger partial charge is 0.238 e. The van der Waals surface area contributed by atoms with Gasteiger partial charge in [-0.3, -0.25) is 4.79 Å². The highest BCUT2D eigenvalue weighted by molar-refractivity contribution is 7.89. The number of hydrogen-bond donors (Lipinski definition) is 1. The molecule has 2 aromatic rings. The van der Waals surface area contributed by atoms with Crippen LogP contribution in [-0.4, -0.2) is 14.2 Å². The van der Waals surface area contributed by atoms with E-state index in [1.54, 1.807) is 12.3 Å². The molecule has 1 atom stereocenters. The van der Waals surface area contributed by atoms with Crippen LogP contribution in [0.4, 0.5) is 0 Å². The van der Waals surface area contributed by atoms with Crippen molar-refractivity contribution >= 4 is 21.9 Å². The molecule has 2 N–H and O–H groups in total. The lowest BCUT2D eigenvalue weighted by molar-refractivity contribution is 0.104. The molecule has 3 rings (SSSR count). The van der Waals surface area contributed by atoms with E-state index in [0.29, 0.717) is 5.56 Å². The number of primary sulfonamides is 1.